The summed E-state index contributed by atoms with van der Waals surface area (Å²) in [6.45, 7) is 9.39. The molecule has 3 heterocycles. The molecule has 2 amide bonds. The summed E-state index contributed by atoms with van der Waals surface area (Å²) in [5.41, 5.74) is 4.03. The number of urea groups is 1. The zero-order chi connectivity index (χ0) is 27.9. The third-order valence-corrected chi connectivity index (χ3v) is 8.50. The molecule has 0 spiro atoms. The van der Waals surface area contributed by atoms with Gasteiger partial charge in [-0.2, -0.15) is 0 Å². The van der Waals surface area contributed by atoms with E-state index in [1.807, 2.05) is 37.3 Å². The molecule has 0 saturated carbocycles. The van der Waals surface area contributed by atoms with Crippen LogP contribution in [0.5, 0.6) is 0 Å². The molecule has 40 heavy (non-hydrogen) atoms. The Morgan fingerprint density at radius 2 is 1.73 bits per heavy atom. The van der Waals surface area contributed by atoms with E-state index < -0.39 is 0 Å². The highest BCUT2D eigenvalue weighted by Gasteiger charge is 2.14. The monoisotopic (exact) mass is 577 g/mol. The molecular weight excluding hydrogens is 542 g/mol. The topological polar surface area (TPSA) is 85.4 Å². The van der Waals surface area contributed by atoms with Gasteiger partial charge in [0.1, 0.15) is 5.69 Å². The number of aryl methyl sites for hydroxylation is 1. The van der Waals surface area contributed by atoms with Gasteiger partial charge in [0, 0.05) is 50.5 Å². The summed E-state index contributed by atoms with van der Waals surface area (Å²) < 4.78 is 1.12. The molecule has 1 fully saturated rings. The zero-order valence-corrected chi connectivity index (χ0v) is 24.6. The van der Waals surface area contributed by atoms with Crippen molar-refractivity contribution in [2.75, 3.05) is 51.6 Å². The predicted octanol–water partition coefficient (Wildman–Crippen LogP) is 5.37. The second-order valence-corrected chi connectivity index (χ2v) is 11.8. The van der Waals surface area contributed by atoms with Gasteiger partial charge in [0.2, 0.25) is 5.95 Å². The molecule has 8 nitrogen and oxygen atoms in total. The van der Waals surface area contributed by atoms with Crippen LogP contribution in [-0.2, 0) is 13.1 Å². The molecule has 10 heteroatoms. The number of hydrogen-bond donors (Lipinski definition) is 3. The van der Waals surface area contributed by atoms with Crippen LogP contribution < -0.4 is 16.0 Å². The van der Waals surface area contributed by atoms with Crippen molar-refractivity contribution in [3.63, 3.8) is 0 Å². The highest BCUT2D eigenvalue weighted by atomic mass is 35.5. The van der Waals surface area contributed by atoms with Crippen molar-refractivity contribution < 1.29 is 4.79 Å². The van der Waals surface area contributed by atoms with Gasteiger partial charge in [-0.05, 0) is 55.6 Å². The van der Waals surface area contributed by atoms with Gasteiger partial charge in [-0.15, -0.1) is 11.3 Å². The molecule has 3 N–H and O–H groups in total. The first-order valence-corrected chi connectivity index (χ1v) is 14.9. The number of anilines is 1. The lowest BCUT2D eigenvalue weighted by Gasteiger charge is -2.32. The molecule has 2 aromatic carbocycles. The Morgan fingerprint density at radius 3 is 2.50 bits per heavy atom. The van der Waals surface area contributed by atoms with Crippen molar-refractivity contribution in [2.24, 2.45) is 0 Å². The van der Waals surface area contributed by atoms with Crippen LogP contribution in [0.3, 0.4) is 0 Å². The summed E-state index contributed by atoms with van der Waals surface area (Å²) in [7, 11) is 2.18. The molecule has 0 aliphatic carbocycles. The maximum atomic E-state index is 12.3. The Labute approximate surface area is 244 Å². The number of likely N-dealkylation sites (N-methyl/N-ethyl adjacent to an activating group) is 1. The number of carbonyl (C=O) groups is 1. The molecule has 210 valence electrons. The first kappa shape index (κ1) is 28.3. The number of nitrogens with one attached hydrogen (secondary N) is 3. The van der Waals surface area contributed by atoms with Crippen LogP contribution in [0.2, 0.25) is 5.02 Å². The zero-order valence-electron chi connectivity index (χ0n) is 23.0. The van der Waals surface area contributed by atoms with Crippen molar-refractivity contribution in [3.05, 3.63) is 76.4 Å². The van der Waals surface area contributed by atoms with E-state index in [9.17, 15) is 4.79 Å². The third kappa shape index (κ3) is 7.69. The number of hydrogen-bond acceptors (Lipinski definition) is 7. The van der Waals surface area contributed by atoms with Crippen LogP contribution in [0.15, 0.2) is 54.7 Å². The summed E-state index contributed by atoms with van der Waals surface area (Å²) in [6.07, 6.45) is 2.70. The van der Waals surface area contributed by atoms with Gasteiger partial charge in [-0.1, -0.05) is 53.6 Å². The molecule has 1 saturated heterocycles. The first-order valence-electron chi connectivity index (χ1n) is 13.7. The van der Waals surface area contributed by atoms with Crippen molar-refractivity contribution in [1.29, 1.82) is 0 Å². The minimum atomic E-state index is -0.191. The number of amides is 2. The fourth-order valence-corrected chi connectivity index (χ4v) is 6.01. The molecule has 0 atom stereocenters. The fraction of sp³-hybridized carbons (Fsp3) is 0.367. The lowest BCUT2D eigenvalue weighted by atomic mass is 10.1. The maximum absolute atomic E-state index is 12.3. The second-order valence-electron chi connectivity index (χ2n) is 10.3. The van der Waals surface area contributed by atoms with E-state index >= 15 is 0 Å². The number of rotatable bonds is 10. The summed E-state index contributed by atoms with van der Waals surface area (Å²) in [5, 5.41) is 10.9. The first-order chi connectivity index (χ1) is 19.4. The van der Waals surface area contributed by atoms with Gasteiger partial charge in [-0.3, -0.25) is 0 Å². The average Bonchev–Trinajstić information content (AvgIpc) is 3.39. The summed E-state index contributed by atoms with van der Waals surface area (Å²) >= 11 is 8.16. The van der Waals surface area contributed by atoms with E-state index in [2.05, 4.69) is 56.0 Å². The molecule has 0 radical (unpaired) electrons. The molecule has 5 rings (SSSR count). The Hall–Kier alpha value is -3.24. The fourth-order valence-electron chi connectivity index (χ4n) is 4.63. The standard InChI is InChI=1S/C30H36ClN7OS/c1-21-4-6-22(7-5-21)18-34-30(39)35-19-23-8-9-24-17-27(40-26(24)16-23)28-25(31)20-33-29(36-28)32-10-3-11-38-14-12-37(2)13-15-38/h4-9,16-17,20H,3,10-15,18-19H2,1-2H3,(H,32,33,36)(H2,34,35,39). The number of carbonyl (C=O) groups excluding carboxylic acids is 1. The number of piperazine rings is 1. The van der Waals surface area contributed by atoms with Crippen molar-refractivity contribution >= 4 is 45.0 Å². The number of nitrogens with zero attached hydrogens (tertiary/aromatic N) is 4. The lowest BCUT2D eigenvalue weighted by Crippen LogP contribution is -2.44. The highest BCUT2D eigenvalue weighted by Crippen LogP contribution is 2.36. The maximum Gasteiger partial charge on any atom is 0.315 e. The van der Waals surface area contributed by atoms with E-state index in [-0.39, 0.29) is 6.03 Å². The van der Waals surface area contributed by atoms with E-state index in [0.29, 0.717) is 24.1 Å². The highest BCUT2D eigenvalue weighted by molar-refractivity contribution is 7.22. The van der Waals surface area contributed by atoms with Crippen LogP contribution in [0.1, 0.15) is 23.1 Å². The molecule has 0 bridgehead atoms. The molecule has 2 aromatic heterocycles. The Kier molecular flexibility index (Phi) is 9.49. The lowest BCUT2D eigenvalue weighted by molar-refractivity contribution is 0.154. The second kappa shape index (κ2) is 13.4. The SMILES string of the molecule is Cc1ccc(CNC(=O)NCc2ccc3cc(-c4nc(NCCCN5CCN(C)CC5)ncc4Cl)sc3c2)cc1. The number of fused-ring (bicyclic) bond motifs is 1. The normalized spacial score (nSPS) is 14.4. The number of benzene rings is 2. The number of aromatic nitrogens is 2. The van der Waals surface area contributed by atoms with Crippen LogP contribution in [0.4, 0.5) is 10.7 Å². The molecule has 0 unspecified atom stereocenters. The van der Waals surface area contributed by atoms with E-state index in [1.165, 1.54) is 5.56 Å². The smallest absolute Gasteiger partial charge is 0.315 e. The van der Waals surface area contributed by atoms with Crippen molar-refractivity contribution in [3.8, 4) is 10.6 Å². The number of thiophene rings is 1. The van der Waals surface area contributed by atoms with Gasteiger partial charge in [0.05, 0.1) is 16.1 Å². The molecule has 1 aliphatic heterocycles. The number of halogens is 1. The van der Waals surface area contributed by atoms with Gasteiger partial charge in [-0.25, -0.2) is 14.8 Å². The largest absolute Gasteiger partial charge is 0.354 e. The average molecular weight is 578 g/mol. The Bertz CT molecular complexity index is 1430. The van der Waals surface area contributed by atoms with Crippen LogP contribution >= 0.6 is 22.9 Å². The van der Waals surface area contributed by atoms with Crippen molar-refractivity contribution in [1.82, 2.24) is 30.4 Å². The van der Waals surface area contributed by atoms with E-state index in [1.54, 1.807) is 17.5 Å². The van der Waals surface area contributed by atoms with Crippen molar-refractivity contribution in [2.45, 2.75) is 26.4 Å². The van der Waals surface area contributed by atoms with Crippen LogP contribution in [0, 0.1) is 6.92 Å². The van der Waals surface area contributed by atoms with Gasteiger partial charge in [0.15, 0.2) is 0 Å². The van der Waals surface area contributed by atoms with Gasteiger partial charge in [0.25, 0.3) is 0 Å². The van der Waals surface area contributed by atoms with Gasteiger partial charge < -0.3 is 25.8 Å². The van der Waals surface area contributed by atoms with Crippen LogP contribution in [0.25, 0.3) is 20.7 Å². The Balaban J connectivity index is 1.15. The Morgan fingerprint density at radius 1 is 1.00 bits per heavy atom. The minimum absolute atomic E-state index is 0.191. The van der Waals surface area contributed by atoms with E-state index in [0.717, 1.165) is 77.5 Å². The quantitative estimate of drug-likeness (QED) is 0.220. The predicted molar refractivity (Wildman–Crippen MR) is 165 cm³/mol. The molecular formula is C30H36ClN7OS. The minimum Gasteiger partial charge on any atom is -0.354 e. The summed E-state index contributed by atoms with van der Waals surface area (Å²) in [5.74, 6) is 0.594. The molecule has 1 aliphatic rings. The van der Waals surface area contributed by atoms with E-state index in [4.69, 9.17) is 16.6 Å². The summed E-state index contributed by atoms with van der Waals surface area (Å²) in [4.78, 5) is 27.3. The van der Waals surface area contributed by atoms with Gasteiger partial charge >= 0.3 is 6.03 Å². The molecule has 4 aromatic rings. The third-order valence-electron chi connectivity index (χ3n) is 7.12. The van der Waals surface area contributed by atoms with Crippen LogP contribution in [-0.4, -0.2) is 72.1 Å². The summed E-state index contributed by atoms with van der Waals surface area (Å²) in [6, 6.07) is 16.3.